The van der Waals surface area contributed by atoms with Crippen LogP contribution in [0, 0.1) is 29.0 Å². The molecule has 2 unspecified atom stereocenters. The number of fused-ring (bicyclic) bond motifs is 2. The minimum atomic E-state index is -3.70. The molecule has 3 aromatic rings. The molecule has 160 valence electrons. The second-order valence-corrected chi connectivity index (χ2v) is 10.3. The number of sulfonamides is 1. The molecule has 2 aliphatic rings. The van der Waals surface area contributed by atoms with E-state index in [9.17, 15) is 18.1 Å². The molecule has 0 bridgehead atoms. The minimum Gasteiger partial charge on any atom is -0.370 e. The van der Waals surface area contributed by atoms with Crippen LogP contribution in [0.5, 0.6) is 0 Å². The zero-order valence-corrected chi connectivity index (χ0v) is 17.8. The van der Waals surface area contributed by atoms with E-state index in [4.69, 9.17) is 0 Å². The van der Waals surface area contributed by atoms with Gasteiger partial charge < -0.3 is 9.88 Å². The monoisotopic (exact) mass is 439 g/mol. The third-order valence-electron chi connectivity index (χ3n) is 6.71. The lowest BCUT2D eigenvalue weighted by Crippen LogP contribution is -2.34. The predicted octanol–water partition coefficient (Wildman–Crippen LogP) is 3.11. The number of aromatic nitrogens is 2. The van der Waals surface area contributed by atoms with Crippen molar-refractivity contribution in [1.82, 2.24) is 14.3 Å². The lowest BCUT2D eigenvalue weighted by Gasteiger charge is -2.29. The Balaban J connectivity index is 1.35. The second-order valence-electron chi connectivity index (χ2n) is 8.41. The molecule has 1 aliphatic carbocycles. The number of nitriles is 1. The van der Waals surface area contributed by atoms with Crippen LogP contribution in [-0.4, -0.2) is 48.9 Å². The maximum atomic E-state index is 13.5. The van der Waals surface area contributed by atoms with E-state index in [1.165, 1.54) is 22.5 Å². The van der Waals surface area contributed by atoms with Crippen molar-refractivity contribution >= 4 is 26.7 Å². The smallest absolute Gasteiger partial charge is 0.243 e. The van der Waals surface area contributed by atoms with Crippen molar-refractivity contribution in [2.75, 3.05) is 25.0 Å². The fourth-order valence-corrected chi connectivity index (χ4v) is 6.74. The average Bonchev–Trinajstić information content (AvgIpc) is 3.47. The van der Waals surface area contributed by atoms with Crippen LogP contribution < -0.4 is 4.90 Å². The van der Waals surface area contributed by atoms with Crippen molar-refractivity contribution in [3.05, 3.63) is 54.1 Å². The van der Waals surface area contributed by atoms with E-state index in [0.29, 0.717) is 18.7 Å². The van der Waals surface area contributed by atoms with Crippen LogP contribution in [0.1, 0.15) is 18.4 Å². The van der Waals surface area contributed by atoms with Crippen molar-refractivity contribution in [3.8, 4) is 6.07 Å². The van der Waals surface area contributed by atoms with Crippen molar-refractivity contribution in [2.45, 2.75) is 23.8 Å². The average molecular weight is 440 g/mol. The molecule has 0 spiro atoms. The molecule has 0 radical (unpaired) electrons. The fourth-order valence-electron chi connectivity index (χ4n) is 5.15. The van der Waals surface area contributed by atoms with Gasteiger partial charge in [0.1, 0.15) is 17.5 Å². The molecule has 3 heterocycles. The van der Waals surface area contributed by atoms with E-state index < -0.39 is 15.8 Å². The van der Waals surface area contributed by atoms with Crippen LogP contribution in [0.3, 0.4) is 0 Å². The van der Waals surface area contributed by atoms with Gasteiger partial charge >= 0.3 is 0 Å². The molecule has 1 saturated heterocycles. The Hall–Kier alpha value is -2.96. The summed E-state index contributed by atoms with van der Waals surface area (Å²) in [6.45, 7) is 0.879. The molecule has 1 aliphatic heterocycles. The highest BCUT2D eigenvalue weighted by molar-refractivity contribution is 7.89. The Bertz CT molecular complexity index is 1280. The highest BCUT2D eigenvalue weighted by Gasteiger charge is 2.46. The Morgan fingerprint density at radius 2 is 2.00 bits per heavy atom. The molecule has 0 amide bonds. The van der Waals surface area contributed by atoms with Gasteiger partial charge in [-0.1, -0.05) is 6.07 Å². The molecule has 3 atom stereocenters. The van der Waals surface area contributed by atoms with Gasteiger partial charge in [0.25, 0.3) is 0 Å². The maximum Gasteiger partial charge on any atom is 0.243 e. The van der Waals surface area contributed by atoms with E-state index >= 15 is 0 Å². The third-order valence-corrected chi connectivity index (χ3v) is 8.53. The molecule has 1 N–H and O–H groups in total. The standard InChI is InChI=1S/C22H22FN5O2S/c1-27(21-16(10-24)11-26-22-20(21)5-6-25-22)18-7-14-12-28(13-15(14)8-18)31(29,30)19-4-2-3-17(23)9-19/h2-6,9,11,14-15,18H,7-8,12-13H2,1H3,(H,25,26)/t14-,15?,18?/m1/s1. The normalized spacial score (nSPS) is 23.7. The van der Waals surface area contributed by atoms with E-state index in [0.717, 1.165) is 35.6 Å². The first-order chi connectivity index (χ1) is 14.9. The molecule has 2 fully saturated rings. The van der Waals surface area contributed by atoms with Gasteiger partial charge in [0, 0.05) is 44.0 Å². The highest BCUT2D eigenvalue weighted by atomic mass is 32.2. The van der Waals surface area contributed by atoms with Gasteiger partial charge in [0.05, 0.1) is 16.1 Å². The number of aromatic amines is 1. The summed E-state index contributed by atoms with van der Waals surface area (Å²) in [6.07, 6.45) is 5.09. The van der Waals surface area contributed by atoms with Gasteiger partial charge in [-0.2, -0.15) is 9.57 Å². The Morgan fingerprint density at radius 1 is 1.26 bits per heavy atom. The van der Waals surface area contributed by atoms with Gasteiger partial charge in [-0.15, -0.1) is 0 Å². The number of nitrogens with one attached hydrogen (secondary N) is 1. The van der Waals surface area contributed by atoms with Crippen LogP contribution in [0.25, 0.3) is 11.0 Å². The number of rotatable bonds is 4. The summed E-state index contributed by atoms with van der Waals surface area (Å²) in [5, 5.41) is 10.5. The Labute approximate surface area is 180 Å². The summed E-state index contributed by atoms with van der Waals surface area (Å²) in [5.41, 5.74) is 2.14. The van der Waals surface area contributed by atoms with Crippen LogP contribution in [0.2, 0.25) is 0 Å². The first-order valence-electron chi connectivity index (χ1n) is 10.2. The van der Waals surface area contributed by atoms with Crippen molar-refractivity contribution in [3.63, 3.8) is 0 Å². The minimum absolute atomic E-state index is 0.00596. The van der Waals surface area contributed by atoms with Gasteiger partial charge in [-0.3, -0.25) is 0 Å². The van der Waals surface area contributed by atoms with Gasteiger partial charge in [0.2, 0.25) is 10.0 Å². The number of hydrogen-bond donors (Lipinski definition) is 1. The zero-order valence-electron chi connectivity index (χ0n) is 17.0. The number of H-pyrrole nitrogens is 1. The predicted molar refractivity (Wildman–Crippen MR) is 114 cm³/mol. The molecule has 1 saturated carbocycles. The van der Waals surface area contributed by atoms with Crippen LogP contribution in [-0.2, 0) is 10.0 Å². The second kappa shape index (κ2) is 7.32. The summed E-state index contributed by atoms with van der Waals surface area (Å²) in [5.74, 6) is -0.0707. The molecular weight excluding hydrogens is 417 g/mol. The van der Waals surface area contributed by atoms with Crippen molar-refractivity contribution in [2.24, 2.45) is 11.8 Å². The molecule has 9 heteroatoms. The van der Waals surface area contributed by atoms with E-state index in [-0.39, 0.29) is 22.8 Å². The van der Waals surface area contributed by atoms with Gasteiger partial charge in [-0.05, 0) is 48.9 Å². The van der Waals surface area contributed by atoms with Gasteiger partial charge in [-0.25, -0.2) is 17.8 Å². The number of anilines is 1. The summed E-state index contributed by atoms with van der Waals surface area (Å²) in [6, 6.07) is 9.57. The van der Waals surface area contributed by atoms with Crippen molar-refractivity contribution in [1.29, 1.82) is 5.26 Å². The lowest BCUT2D eigenvalue weighted by molar-refractivity contribution is 0.432. The van der Waals surface area contributed by atoms with E-state index in [1.54, 1.807) is 6.20 Å². The lowest BCUT2D eigenvalue weighted by atomic mass is 10.0. The number of hydrogen-bond acceptors (Lipinski definition) is 5. The number of benzene rings is 1. The Morgan fingerprint density at radius 3 is 2.68 bits per heavy atom. The SMILES string of the molecule is CN(c1c(C#N)cnc2[nH]ccc12)C1CC2CN(S(=O)(=O)c3cccc(F)c3)C[C@H]2C1. The molecule has 1 aromatic carbocycles. The largest absolute Gasteiger partial charge is 0.370 e. The van der Waals surface area contributed by atoms with Crippen LogP contribution in [0.4, 0.5) is 10.1 Å². The van der Waals surface area contributed by atoms with Crippen LogP contribution >= 0.6 is 0 Å². The molecule has 5 rings (SSSR count). The number of nitrogens with zero attached hydrogens (tertiary/aromatic N) is 4. The van der Waals surface area contributed by atoms with Gasteiger partial charge in [0.15, 0.2) is 0 Å². The topological polar surface area (TPSA) is 93.1 Å². The summed E-state index contributed by atoms with van der Waals surface area (Å²) in [4.78, 5) is 9.56. The van der Waals surface area contributed by atoms with Crippen molar-refractivity contribution < 1.29 is 12.8 Å². The Kier molecular flexibility index (Phi) is 4.72. The fraction of sp³-hybridized carbons (Fsp3) is 0.364. The number of halogens is 1. The highest BCUT2D eigenvalue weighted by Crippen LogP contribution is 2.43. The first-order valence-corrected chi connectivity index (χ1v) is 11.7. The van der Waals surface area contributed by atoms with Crippen LogP contribution in [0.15, 0.2) is 47.6 Å². The summed E-state index contributed by atoms with van der Waals surface area (Å²) < 4.78 is 41.0. The summed E-state index contributed by atoms with van der Waals surface area (Å²) >= 11 is 0. The molecule has 31 heavy (non-hydrogen) atoms. The van der Waals surface area contributed by atoms with E-state index in [1.807, 2.05) is 19.3 Å². The molecule has 2 aromatic heterocycles. The third kappa shape index (κ3) is 3.27. The number of pyridine rings is 1. The van der Waals surface area contributed by atoms with E-state index in [2.05, 4.69) is 20.9 Å². The zero-order chi connectivity index (χ0) is 21.8. The molecular formula is C22H22FN5O2S. The first kappa shape index (κ1) is 20.0. The maximum absolute atomic E-state index is 13.5. The quantitative estimate of drug-likeness (QED) is 0.674. The summed E-state index contributed by atoms with van der Waals surface area (Å²) in [7, 11) is -1.71. The molecule has 7 nitrogen and oxygen atoms in total.